The number of aryl methyl sites for hydroxylation is 1. The van der Waals surface area contributed by atoms with Gasteiger partial charge in [0.05, 0.1) is 0 Å². The van der Waals surface area contributed by atoms with Crippen LogP contribution in [0.2, 0.25) is 0 Å². The largest absolute Gasteiger partial charge is 0.355 e. The van der Waals surface area contributed by atoms with Crippen LogP contribution >= 0.6 is 0 Å². The van der Waals surface area contributed by atoms with Crippen LogP contribution in [0.25, 0.3) is 11.3 Å². The van der Waals surface area contributed by atoms with Crippen LogP contribution in [0.15, 0.2) is 59.4 Å². The maximum atomic E-state index is 13.0. The molecule has 0 saturated heterocycles. The molecule has 0 atom stereocenters. The number of nitrogens with zero attached hydrogens (tertiary/aromatic N) is 3. The highest BCUT2D eigenvalue weighted by Gasteiger charge is 2.24. The lowest BCUT2D eigenvalue weighted by Gasteiger charge is -2.21. The fourth-order valence-electron chi connectivity index (χ4n) is 3.07. The van der Waals surface area contributed by atoms with Gasteiger partial charge in [-0.25, -0.2) is 0 Å². The first-order valence-electron chi connectivity index (χ1n) is 8.10. The molecule has 4 rings (SSSR count). The number of rotatable bonds is 2. The minimum Gasteiger partial charge on any atom is -0.355 e. The maximum Gasteiger partial charge on any atom is 0.280 e. The van der Waals surface area contributed by atoms with Crippen molar-refractivity contribution in [2.75, 3.05) is 11.4 Å². The number of amides is 1. The molecule has 2 aromatic heterocycles. The maximum absolute atomic E-state index is 13.0. The molecule has 0 aliphatic carbocycles. The zero-order chi connectivity index (χ0) is 16.4. The topological polar surface area (TPSA) is 59.2 Å². The summed E-state index contributed by atoms with van der Waals surface area (Å²) in [7, 11) is 0. The van der Waals surface area contributed by atoms with Crippen molar-refractivity contribution < 1.29 is 9.32 Å². The van der Waals surface area contributed by atoms with Crippen LogP contribution in [0.5, 0.6) is 0 Å². The van der Waals surface area contributed by atoms with Crippen LogP contribution < -0.4 is 4.90 Å². The Labute approximate surface area is 139 Å². The number of para-hydroxylation sites is 1. The lowest BCUT2D eigenvalue weighted by atomic mass is 10.1. The van der Waals surface area contributed by atoms with Gasteiger partial charge in [0, 0.05) is 36.3 Å². The quantitative estimate of drug-likeness (QED) is 0.722. The first-order valence-corrected chi connectivity index (χ1v) is 8.10. The number of fused-ring (bicyclic) bond motifs is 1. The molecule has 5 nitrogen and oxygen atoms in total. The van der Waals surface area contributed by atoms with Gasteiger partial charge in [-0.15, -0.1) is 0 Å². The number of pyridine rings is 1. The van der Waals surface area contributed by atoms with Crippen LogP contribution in [0.4, 0.5) is 5.69 Å². The minimum absolute atomic E-state index is 0.117. The standard InChI is InChI=1S/C19H17N3O2/c23-19(16-13-18(24-21-16)15-8-10-20-11-9-15)22-12-4-3-6-14-5-1-2-7-17(14)22/h1-2,5,7-11,13H,3-4,6,12H2. The second kappa shape index (κ2) is 6.28. The lowest BCUT2D eigenvalue weighted by molar-refractivity contribution is 0.0978. The summed E-state index contributed by atoms with van der Waals surface area (Å²) in [6.45, 7) is 0.702. The van der Waals surface area contributed by atoms with E-state index in [1.807, 2.05) is 35.2 Å². The second-order valence-electron chi connectivity index (χ2n) is 5.85. The van der Waals surface area contributed by atoms with Gasteiger partial charge in [-0.3, -0.25) is 9.78 Å². The summed E-state index contributed by atoms with van der Waals surface area (Å²) >= 11 is 0. The summed E-state index contributed by atoms with van der Waals surface area (Å²) in [5.41, 5.74) is 3.38. The van der Waals surface area contributed by atoms with Crippen LogP contribution in [0.1, 0.15) is 28.9 Å². The van der Waals surface area contributed by atoms with Crippen molar-refractivity contribution in [3.63, 3.8) is 0 Å². The molecule has 24 heavy (non-hydrogen) atoms. The van der Waals surface area contributed by atoms with E-state index in [9.17, 15) is 4.79 Å². The summed E-state index contributed by atoms with van der Waals surface area (Å²) in [5, 5.41) is 3.98. The smallest absolute Gasteiger partial charge is 0.280 e. The van der Waals surface area contributed by atoms with E-state index in [1.165, 1.54) is 5.56 Å². The Balaban J connectivity index is 1.66. The number of carbonyl (C=O) groups excluding carboxylic acids is 1. The molecule has 3 heterocycles. The van der Waals surface area contributed by atoms with Gasteiger partial charge in [0.2, 0.25) is 0 Å². The van der Waals surface area contributed by atoms with Gasteiger partial charge in [0.15, 0.2) is 11.5 Å². The molecule has 0 spiro atoms. The predicted molar refractivity (Wildman–Crippen MR) is 90.8 cm³/mol. The van der Waals surface area contributed by atoms with E-state index in [1.54, 1.807) is 18.5 Å². The molecule has 1 amide bonds. The first-order chi connectivity index (χ1) is 11.8. The van der Waals surface area contributed by atoms with E-state index in [0.717, 1.165) is 30.5 Å². The van der Waals surface area contributed by atoms with Crippen molar-refractivity contribution in [1.82, 2.24) is 10.1 Å². The van der Waals surface area contributed by atoms with Gasteiger partial charge < -0.3 is 9.42 Å². The van der Waals surface area contributed by atoms with E-state index in [4.69, 9.17) is 4.52 Å². The molecule has 0 radical (unpaired) electrons. The lowest BCUT2D eigenvalue weighted by Crippen LogP contribution is -2.31. The molecule has 0 unspecified atom stereocenters. The van der Waals surface area contributed by atoms with Crippen molar-refractivity contribution >= 4 is 11.6 Å². The van der Waals surface area contributed by atoms with Crippen molar-refractivity contribution in [2.45, 2.75) is 19.3 Å². The average molecular weight is 319 g/mol. The molecular weight excluding hydrogens is 302 g/mol. The van der Waals surface area contributed by atoms with Crippen molar-refractivity contribution in [2.24, 2.45) is 0 Å². The fourth-order valence-corrected chi connectivity index (χ4v) is 3.07. The third-order valence-corrected chi connectivity index (χ3v) is 4.30. The SMILES string of the molecule is O=C(c1cc(-c2ccncc2)on1)N1CCCCc2ccccc21. The molecule has 1 aromatic carbocycles. The second-order valence-corrected chi connectivity index (χ2v) is 5.85. The minimum atomic E-state index is -0.117. The van der Waals surface area contributed by atoms with Crippen LogP contribution in [0.3, 0.4) is 0 Å². The van der Waals surface area contributed by atoms with E-state index in [-0.39, 0.29) is 5.91 Å². The Bertz CT molecular complexity index is 858. The highest BCUT2D eigenvalue weighted by molar-refractivity contribution is 6.05. The average Bonchev–Trinajstić information content (AvgIpc) is 3.03. The third kappa shape index (κ3) is 2.69. The number of benzene rings is 1. The molecule has 1 aliphatic rings. The zero-order valence-corrected chi connectivity index (χ0v) is 13.2. The normalized spacial score (nSPS) is 14.1. The highest BCUT2D eigenvalue weighted by Crippen LogP contribution is 2.28. The molecular formula is C19H17N3O2. The molecule has 1 aliphatic heterocycles. The Morgan fingerprint density at radius 3 is 2.79 bits per heavy atom. The first kappa shape index (κ1) is 14.6. The van der Waals surface area contributed by atoms with E-state index >= 15 is 0 Å². The Kier molecular flexibility index (Phi) is 3.83. The van der Waals surface area contributed by atoms with Gasteiger partial charge in [-0.05, 0) is 43.0 Å². The third-order valence-electron chi connectivity index (χ3n) is 4.30. The molecule has 0 fully saturated rings. The monoisotopic (exact) mass is 319 g/mol. The summed E-state index contributed by atoms with van der Waals surface area (Å²) in [6, 6.07) is 13.4. The van der Waals surface area contributed by atoms with Gasteiger partial charge in [-0.1, -0.05) is 23.4 Å². The van der Waals surface area contributed by atoms with Crippen molar-refractivity contribution in [3.05, 3.63) is 66.1 Å². The summed E-state index contributed by atoms with van der Waals surface area (Å²) < 4.78 is 5.36. The van der Waals surface area contributed by atoms with E-state index < -0.39 is 0 Å². The summed E-state index contributed by atoms with van der Waals surface area (Å²) in [6.07, 6.45) is 6.44. The zero-order valence-electron chi connectivity index (χ0n) is 13.2. The van der Waals surface area contributed by atoms with Gasteiger partial charge >= 0.3 is 0 Å². The molecule has 5 heteroatoms. The van der Waals surface area contributed by atoms with Crippen LogP contribution in [-0.2, 0) is 6.42 Å². The van der Waals surface area contributed by atoms with Gasteiger partial charge in [-0.2, -0.15) is 0 Å². The number of carbonyl (C=O) groups is 1. The number of hydrogen-bond donors (Lipinski definition) is 0. The van der Waals surface area contributed by atoms with E-state index in [2.05, 4.69) is 16.2 Å². The molecule has 0 bridgehead atoms. The Morgan fingerprint density at radius 1 is 1.08 bits per heavy atom. The molecule has 0 saturated carbocycles. The van der Waals surface area contributed by atoms with Crippen molar-refractivity contribution in [1.29, 1.82) is 0 Å². The number of aromatic nitrogens is 2. The van der Waals surface area contributed by atoms with Crippen LogP contribution in [-0.4, -0.2) is 22.6 Å². The number of anilines is 1. The summed E-state index contributed by atoms with van der Waals surface area (Å²) in [4.78, 5) is 18.8. The van der Waals surface area contributed by atoms with Crippen molar-refractivity contribution in [3.8, 4) is 11.3 Å². The van der Waals surface area contributed by atoms with Crippen LogP contribution in [0, 0.1) is 0 Å². The molecule has 0 N–H and O–H groups in total. The molecule has 3 aromatic rings. The Hall–Kier alpha value is -2.95. The van der Waals surface area contributed by atoms with E-state index in [0.29, 0.717) is 18.0 Å². The summed E-state index contributed by atoms with van der Waals surface area (Å²) in [5.74, 6) is 0.456. The Morgan fingerprint density at radius 2 is 1.92 bits per heavy atom. The molecule has 120 valence electrons. The predicted octanol–water partition coefficient (Wildman–Crippen LogP) is 3.72. The highest BCUT2D eigenvalue weighted by atomic mass is 16.5. The number of hydrogen-bond acceptors (Lipinski definition) is 4. The van der Waals surface area contributed by atoms with Gasteiger partial charge in [0.1, 0.15) is 0 Å². The van der Waals surface area contributed by atoms with Gasteiger partial charge in [0.25, 0.3) is 5.91 Å². The fraction of sp³-hybridized carbons (Fsp3) is 0.211.